The molecule has 1 aliphatic heterocycles. The first-order valence-corrected chi connectivity index (χ1v) is 9.16. The molecule has 9 heteroatoms. The molecule has 142 valence electrons. The Morgan fingerprint density at radius 1 is 1.33 bits per heavy atom. The van der Waals surface area contributed by atoms with E-state index in [-0.39, 0.29) is 11.6 Å². The highest BCUT2D eigenvalue weighted by Gasteiger charge is 2.43. The molecule has 1 N–H and O–H groups in total. The Morgan fingerprint density at radius 2 is 2.15 bits per heavy atom. The van der Waals surface area contributed by atoms with Crippen LogP contribution in [0.15, 0.2) is 47.1 Å². The van der Waals surface area contributed by atoms with E-state index in [2.05, 4.69) is 5.32 Å². The van der Waals surface area contributed by atoms with E-state index in [1.807, 2.05) is 0 Å². The number of furan rings is 1. The fourth-order valence-corrected chi connectivity index (χ4v) is 4.14. The van der Waals surface area contributed by atoms with E-state index >= 15 is 0 Å². The van der Waals surface area contributed by atoms with Crippen molar-refractivity contribution in [1.29, 1.82) is 0 Å². The number of hydrogen-bond donors (Lipinski definition) is 1. The lowest BCUT2D eigenvalue weighted by molar-refractivity contribution is -0.155. The second-order valence-corrected chi connectivity index (χ2v) is 6.92. The van der Waals surface area contributed by atoms with E-state index in [0.29, 0.717) is 11.5 Å². The number of rotatable bonds is 5. The lowest BCUT2D eigenvalue weighted by atomic mass is 10.2. The van der Waals surface area contributed by atoms with Gasteiger partial charge in [-0.25, -0.2) is 9.18 Å². The third kappa shape index (κ3) is 4.48. The van der Waals surface area contributed by atoms with Crippen LogP contribution in [0.2, 0.25) is 0 Å². The van der Waals surface area contributed by atoms with Crippen molar-refractivity contribution >= 4 is 35.2 Å². The standard InChI is InChI=1S/C18H17FN2O5S/c1-11(22)21-14(10-27-17(21)15-6-3-7-25-15)18(24)26-9-16(23)20-13-5-2-4-12(19)8-13/h2-8,14,17H,9-10H2,1H3,(H,20,23)/t14-,17-/m1/s1. The van der Waals surface area contributed by atoms with Gasteiger partial charge in [-0.3, -0.25) is 9.59 Å². The summed E-state index contributed by atoms with van der Waals surface area (Å²) in [5, 5.41) is 2.02. The summed E-state index contributed by atoms with van der Waals surface area (Å²) >= 11 is 1.38. The molecule has 0 bridgehead atoms. The second-order valence-electron chi connectivity index (χ2n) is 5.81. The van der Waals surface area contributed by atoms with Crippen LogP contribution >= 0.6 is 11.8 Å². The zero-order chi connectivity index (χ0) is 19.4. The number of carbonyl (C=O) groups is 3. The minimum atomic E-state index is -0.815. The first-order chi connectivity index (χ1) is 13.0. The van der Waals surface area contributed by atoms with Crippen LogP contribution in [0.4, 0.5) is 10.1 Å². The molecule has 0 saturated carbocycles. The van der Waals surface area contributed by atoms with Crippen LogP contribution in [0, 0.1) is 5.82 Å². The molecule has 1 fully saturated rings. The summed E-state index contributed by atoms with van der Waals surface area (Å²) in [5.41, 5.74) is 0.260. The van der Waals surface area contributed by atoms with Crippen LogP contribution in [-0.2, 0) is 19.1 Å². The molecule has 2 heterocycles. The lowest BCUT2D eigenvalue weighted by Crippen LogP contribution is -2.43. The topological polar surface area (TPSA) is 88.8 Å². The zero-order valence-electron chi connectivity index (χ0n) is 14.4. The van der Waals surface area contributed by atoms with Crippen LogP contribution in [0.1, 0.15) is 18.1 Å². The quantitative estimate of drug-likeness (QED) is 0.787. The summed E-state index contributed by atoms with van der Waals surface area (Å²) in [4.78, 5) is 37.7. The molecular formula is C18H17FN2O5S. The fraction of sp³-hybridized carbons (Fsp3) is 0.278. The van der Waals surface area contributed by atoms with Gasteiger partial charge >= 0.3 is 5.97 Å². The molecule has 3 rings (SSSR count). The molecule has 27 heavy (non-hydrogen) atoms. The Hall–Kier alpha value is -2.81. The lowest BCUT2D eigenvalue weighted by Gasteiger charge is -2.25. The molecule has 2 aromatic rings. The van der Waals surface area contributed by atoms with Crippen molar-refractivity contribution in [2.75, 3.05) is 17.7 Å². The number of amides is 2. The van der Waals surface area contributed by atoms with E-state index < -0.39 is 35.7 Å². The number of halogens is 1. The second kappa shape index (κ2) is 8.26. The largest absolute Gasteiger partial charge is 0.466 e. The molecule has 0 unspecified atom stereocenters. The van der Waals surface area contributed by atoms with Crippen molar-refractivity contribution in [3.63, 3.8) is 0 Å². The number of benzene rings is 1. The predicted octanol–water partition coefficient (Wildman–Crippen LogP) is 2.56. The SMILES string of the molecule is CC(=O)N1[C@@H](C(=O)OCC(=O)Nc2cccc(F)c2)CS[C@@H]1c1ccco1. The highest BCUT2D eigenvalue weighted by Crippen LogP contribution is 2.41. The molecule has 2 amide bonds. The molecule has 1 saturated heterocycles. The highest BCUT2D eigenvalue weighted by molar-refractivity contribution is 7.99. The van der Waals surface area contributed by atoms with Gasteiger partial charge in [0.25, 0.3) is 5.91 Å². The number of nitrogens with one attached hydrogen (secondary N) is 1. The normalized spacial score (nSPS) is 19.0. The molecule has 0 aliphatic carbocycles. The van der Waals surface area contributed by atoms with Crippen molar-refractivity contribution in [1.82, 2.24) is 4.90 Å². The van der Waals surface area contributed by atoms with E-state index in [9.17, 15) is 18.8 Å². The van der Waals surface area contributed by atoms with Gasteiger partial charge in [0, 0.05) is 18.4 Å². The summed E-state index contributed by atoms with van der Waals surface area (Å²) < 4.78 is 23.5. The Balaban J connectivity index is 1.58. The minimum absolute atomic E-state index is 0.260. The third-order valence-corrected chi connectivity index (χ3v) is 5.16. The maximum atomic E-state index is 13.1. The van der Waals surface area contributed by atoms with E-state index in [1.54, 1.807) is 12.1 Å². The van der Waals surface area contributed by atoms with Crippen molar-refractivity contribution in [3.05, 3.63) is 54.2 Å². The number of esters is 1. The van der Waals surface area contributed by atoms with Crippen LogP contribution in [0.3, 0.4) is 0 Å². The molecular weight excluding hydrogens is 375 g/mol. The van der Waals surface area contributed by atoms with Gasteiger partial charge in [-0.2, -0.15) is 0 Å². The number of hydrogen-bond acceptors (Lipinski definition) is 6. The maximum Gasteiger partial charge on any atom is 0.330 e. The summed E-state index contributed by atoms with van der Waals surface area (Å²) in [7, 11) is 0. The first kappa shape index (κ1) is 19.0. The molecule has 2 atom stereocenters. The molecule has 7 nitrogen and oxygen atoms in total. The maximum absolute atomic E-state index is 13.1. The zero-order valence-corrected chi connectivity index (χ0v) is 15.2. The Labute approximate surface area is 158 Å². The first-order valence-electron chi connectivity index (χ1n) is 8.11. The molecule has 0 radical (unpaired) electrons. The van der Waals surface area contributed by atoms with Crippen LogP contribution in [0.25, 0.3) is 0 Å². The fourth-order valence-electron chi connectivity index (χ4n) is 2.72. The summed E-state index contributed by atoms with van der Waals surface area (Å²) in [5.74, 6) is -1.18. The van der Waals surface area contributed by atoms with Crippen LogP contribution in [0.5, 0.6) is 0 Å². The van der Waals surface area contributed by atoms with Gasteiger partial charge in [0.15, 0.2) is 6.61 Å². The van der Waals surface area contributed by atoms with Gasteiger partial charge in [0.1, 0.15) is 23.0 Å². The van der Waals surface area contributed by atoms with Gasteiger partial charge in [-0.15, -0.1) is 11.8 Å². The van der Waals surface area contributed by atoms with Crippen LogP contribution in [-0.4, -0.2) is 41.1 Å². The van der Waals surface area contributed by atoms with Gasteiger partial charge in [0.05, 0.1) is 6.26 Å². The van der Waals surface area contributed by atoms with E-state index in [1.165, 1.54) is 48.0 Å². The monoisotopic (exact) mass is 392 g/mol. The van der Waals surface area contributed by atoms with E-state index in [0.717, 1.165) is 6.07 Å². The highest BCUT2D eigenvalue weighted by atomic mass is 32.2. The van der Waals surface area contributed by atoms with Gasteiger partial charge in [-0.05, 0) is 30.3 Å². The van der Waals surface area contributed by atoms with E-state index in [4.69, 9.17) is 9.15 Å². The smallest absolute Gasteiger partial charge is 0.330 e. The number of carbonyl (C=O) groups excluding carboxylic acids is 3. The number of thioether (sulfide) groups is 1. The average molecular weight is 392 g/mol. The van der Waals surface area contributed by atoms with Crippen molar-refractivity contribution in [3.8, 4) is 0 Å². The molecule has 1 aliphatic rings. The Morgan fingerprint density at radius 3 is 2.81 bits per heavy atom. The van der Waals surface area contributed by atoms with Gasteiger partial charge in [0.2, 0.25) is 5.91 Å². The number of ether oxygens (including phenoxy) is 1. The molecule has 1 aromatic heterocycles. The Bertz CT molecular complexity index is 842. The van der Waals surface area contributed by atoms with Gasteiger partial charge in [-0.1, -0.05) is 6.07 Å². The van der Waals surface area contributed by atoms with Crippen molar-refractivity contribution in [2.45, 2.75) is 18.3 Å². The molecule has 1 aromatic carbocycles. The third-order valence-electron chi connectivity index (χ3n) is 3.88. The number of anilines is 1. The summed E-state index contributed by atoms with van der Waals surface area (Å²) in [6, 6.07) is 7.99. The van der Waals surface area contributed by atoms with Crippen molar-refractivity contribution in [2.24, 2.45) is 0 Å². The molecule has 0 spiro atoms. The summed E-state index contributed by atoms with van der Waals surface area (Å²) in [6.07, 6.45) is 1.50. The minimum Gasteiger partial charge on any atom is -0.466 e. The van der Waals surface area contributed by atoms with Crippen LogP contribution < -0.4 is 5.32 Å². The number of nitrogens with zero attached hydrogens (tertiary/aromatic N) is 1. The predicted molar refractivity (Wildman–Crippen MR) is 96.2 cm³/mol. The van der Waals surface area contributed by atoms with Crippen molar-refractivity contribution < 1.29 is 27.9 Å². The summed E-state index contributed by atoms with van der Waals surface area (Å²) in [6.45, 7) is 0.826. The average Bonchev–Trinajstić information content (AvgIpc) is 3.28. The van der Waals surface area contributed by atoms with Gasteiger partial charge < -0.3 is 19.4 Å². The Kier molecular flexibility index (Phi) is 5.80.